The molecule has 0 atom stereocenters. The van der Waals surface area contributed by atoms with Crippen LogP contribution in [0.4, 0.5) is 30.7 Å². The summed E-state index contributed by atoms with van der Waals surface area (Å²) in [7, 11) is 0. The summed E-state index contributed by atoms with van der Waals surface area (Å²) >= 11 is 0. The molecule has 37 heavy (non-hydrogen) atoms. The van der Waals surface area contributed by atoms with Gasteiger partial charge in [-0.3, -0.25) is 0 Å². The molecule has 0 aliphatic heterocycles. The fraction of sp³-hybridized carbons (Fsp3) is 0.0667. The molecule has 0 aliphatic rings. The third-order valence-corrected chi connectivity index (χ3v) is 6.16. The van der Waals surface area contributed by atoms with Crippen molar-refractivity contribution in [2.24, 2.45) is 0 Å². The van der Waals surface area contributed by atoms with Gasteiger partial charge in [-0.05, 0) is 86.6 Å². The van der Waals surface area contributed by atoms with Crippen LogP contribution in [0.2, 0.25) is 0 Å². The monoisotopic (exact) mass is 510 g/mol. The average Bonchev–Trinajstić information content (AvgIpc) is 2.87. The molecule has 0 N–H and O–H groups in total. The van der Waals surface area contributed by atoms with Gasteiger partial charge in [-0.15, -0.1) is 0 Å². The van der Waals surface area contributed by atoms with Crippen LogP contribution in [-0.2, 0) is 12.4 Å². The lowest BCUT2D eigenvalue weighted by Crippen LogP contribution is -2.11. The van der Waals surface area contributed by atoms with Gasteiger partial charge in [0.05, 0.1) is 11.1 Å². The predicted octanol–water partition coefficient (Wildman–Crippen LogP) is 10.0. The minimum atomic E-state index is -4.92. The number of halogens is 7. The van der Waals surface area contributed by atoms with Crippen molar-refractivity contribution >= 4 is 10.8 Å². The van der Waals surface area contributed by atoms with Crippen molar-refractivity contribution in [2.45, 2.75) is 12.4 Å². The Morgan fingerprint density at radius 3 is 1.19 bits per heavy atom. The third-order valence-electron chi connectivity index (χ3n) is 6.16. The molecule has 5 aromatic carbocycles. The molecule has 5 aromatic rings. The molecule has 0 heterocycles. The third kappa shape index (κ3) is 5.21. The zero-order chi connectivity index (χ0) is 26.4. The van der Waals surface area contributed by atoms with Gasteiger partial charge in [-0.2, -0.15) is 26.3 Å². The first kappa shape index (κ1) is 24.6. The first-order valence-electron chi connectivity index (χ1n) is 11.2. The second-order valence-electron chi connectivity index (χ2n) is 8.66. The quantitative estimate of drug-likeness (QED) is 0.212. The fourth-order valence-corrected chi connectivity index (χ4v) is 4.22. The van der Waals surface area contributed by atoms with Gasteiger partial charge >= 0.3 is 12.4 Å². The fourth-order valence-electron chi connectivity index (χ4n) is 4.22. The van der Waals surface area contributed by atoms with Gasteiger partial charge in [0.1, 0.15) is 5.82 Å². The standard InChI is InChI=1S/C30H17F7/c31-28-11-9-19(10-12-28)18-1-3-20(4-2-18)22-7-5-21-6-8-23(14-24(21)13-22)25-15-26(29(32,33)34)17-27(16-25)30(35,36)37/h1-17H. The highest BCUT2D eigenvalue weighted by Crippen LogP contribution is 2.39. The van der Waals surface area contributed by atoms with E-state index in [0.717, 1.165) is 39.8 Å². The van der Waals surface area contributed by atoms with Crippen LogP contribution >= 0.6 is 0 Å². The van der Waals surface area contributed by atoms with Crippen LogP contribution in [0.1, 0.15) is 11.1 Å². The topological polar surface area (TPSA) is 0 Å². The summed E-state index contributed by atoms with van der Waals surface area (Å²) in [6, 6.07) is 25.6. The van der Waals surface area contributed by atoms with Gasteiger partial charge in [0.25, 0.3) is 0 Å². The lowest BCUT2D eigenvalue weighted by atomic mass is 9.95. The Morgan fingerprint density at radius 2 is 0.730 bits per heavy atom. The van der Waals surface area contributed by atoms with Crippen molar-refractivity contribution in [1.29, 1.82) is 0 Å². The molecule has 0 aliphatic carbocycles. The highest BCUT2D eigenvalue weighted by Gasteiger charge is 2.37. The largest absolute Gasteiger partial charge is 0.416 e. The highest BCUT2D eigenvalue weighted by atomic mass is 19.4. The van der Waals surface area contributed by atoms with E-state index >= 15 is 0 Å². The lowest BCUT2D eigenvalue weighted by molar-refractivity contribution is -0.143. The van der Waals surface area contributed by atoms with Gasteiger partial charge in [0, 0.05) is 0 Å². The second kappa shape index (κ2) is 9.07. The molecular weight excluding hydrogens is 493 g/mol. The summed E-state index contributed by atoms with van der Waals surface area (Å²) in [5.41, 5.74) is 0.824. The van der Waals surface area contributed by atoms with E-state index in [1.165, 1.54) is 18.2 Å². The summed E-state index contributed by atoms with van der Waals surface area (Å²) in [5.74, 6) is -0.323. The Kier molecular flexibility index (Phi) is 6.02. The van der Waals surface area contributed by atoms with Crippen molar-refractivity contribution in [3.63, 3.8) is 0 Å². The molecule has 5 rings (SSSR count). The Hall–Kier alpha value is -4.13. The van der Waals surface area contributed by atoms with Crippen molar-refractivity contribution in [3.8, 4) is 33.4 Å². The van der Waals surface area contributed by atoms with Crippen LogP contribution in [0.3, 0.4) is 0 Å². The smallest absolute Gasteiger partial charge is 0.207 e. The van der Waals surface area contributed by atoms with E-state index in [1.54, 1.807) is 24.3 Å². The Bertz CT molecular complexity index is 1540. The SMILES string of the molecule is Fc1ccc(-c2ccc(-c3ccc4ccc(-c5cc(C(F)(F)F)cc(C(F)(F)F)c5)cc4c3)cc2)cc1. The molecule has 0 radical (unpaired) electrons. The number of rotatable bonds is 3. The Morgan fingerprint density at radius 1 is 0.351 bits per heavy atom. The van der Waals surface area contributed by atoms with Gasteiger partial charge in [-0.25, -0.2) is 4.39 Å². The maximum atomic E-state index is 13.3. The first-order chi connectivity index (χ1) is 17.5. The van der Waals surface area contributed by atoms with Crippen LogP contribution in [0.5, 0.6) is 0 Å². The molecule has 0 nitrogen and oxygen atoms in total. The van der Waals surface area contributed by atoms with Crippen molar-refractivity contribution in [3.05, 3.63) is 120 Å². The molecular formula is C30H17F7. The van der Waals surface area contributed by atoms with E-state index in [0.29, 0.717) is 5.39 Å². The Balaban J connectivity index is 1.53. The predicted molar refractivity (Wildman–Crippen MR) is 130 cm³/mol. The molecule has 0 fully saturated rings. The van der Waals surface area contributed by atoms with E-state index in [4.69, 9.17) is 0 Å². The van der Waals surface area contributed by atoms with Crippen molar-refractivity contribution in [1.82, 2.24) is 0 Å². The number of alkyl halides is 6. The summed E-state index contributed by atoms with van der Waals surface area (Å²) in [4.78, 5) is 0. The summed E-state index contributed by atoms with van der Waals surface area (Å²) in [6.07, 6.45) is -9.83. The van der Waals surface area contributed by atoms with E-state index in [1.807, 2.05) is 42.5 Å². The Labute approximate surface area is 207 Å². The zero-order valence-electron chi connectivity index (χ0n) is 19.0. The summed E-state index contributed by atoms with van der Waals surface area (Å²) in [5, 5.41) is 1.46. The molecule has 0 saturated heterocycles. The van der Waals surface area contributed by atoms with E-state index in [-0.39, 0.29) is 23.0 Å². The number of hydrogen-bond donors (Lipinski definition) is 0. The molecule has 0 unspecified atom stereocenters. The van der Waals surface area contributed by atoms with E-state index in [9.17, 15) is 30.7 Å². The molecule has 0 amide bonds. The summed E-state index contributed by atoms with van der Waals surface area (Å²) in [6.45, 7) is 0. The highest BCUT2D eigenvalue weighted by molar-refractivity contribution is 5.91. The second-order valence-corrected chi connectivity index (χ2v) is 8.66. The average molecular weight is 510 g/mol. The number of fused-ring (bicyclic) bond motifs is 1. The molecule has 7 heteroatoms. The first-order valence-corrected chi connectivity index (χ1v) is 11.2. The zero-order valence-corrected chi connectivity index (χ0v) is 19.0. The molecule has 186 valence electrons. The van der Waals surface area contributed by atoms with Gasteiger partial charge in [0.15, 0.2) is 0 Å². The summed E-state index contributed by atoms with van der Waals surface area (Å²) < 4.78 is 93.1. The van der Waals surface area contributed by atoms with Gasteiger partial charge in [-0.1, -0.05) is 60.7 Å². The van der Waals surface area contributed by atoms with E-state index < -0.39 is 23.5 Å². The molecule has 0 saturated carbocycles. The van der Waals surface area contributed by atoms with Crippen molar-refractivity contribution < 1.29 is 30.7 Å². The minimum Gasteiger partial charge on any atom is -0.207 e. The van der Waals surface area contributed by atoms with Crippen LogP contribution in [-0.4, -0.2) is 0 Å². The van der Waals surface area contributed by atoms with Gasteiger partial charge in [0.2, 0.25) is 0 Å². The maximum absolute atomic E-state index is 13.3. The van der Waals surface area contributed by atoms with Crippen LogP contribution < -0.4 is 0 Å². The normalized spacial score (nSPS) is 12.2. The molecule has 0 bridgehead atoms. The van der Waals surface area contributed by atoms with Crippen LogP contribution in [0, 0.1) is 5.82 Å². The van der Waals surface area contributed by atoms with Crippen LogP contribution in [0.25, 0.3) is 44.2 Å². The molecule has 0 aromatic heterocycles. The van der Waals surface area contributed by atoms with Crippen LogP contribution in [0.15, 0.2) is 103 Å². The lowest BCUT2D eigenvalue weighted by Gasteiger charge is -2.15. The number of hydrogen-bond acceptors (Lipinski definition) is 0. The van der Waals surface area contributed by atoms with E-state index in [2.05, 4.69) is 0 Å². The number of benzene rings is 5. The minimum absolute atomic E-state index is 0.123. The van der Waals surface area contributed by atoms with Crippen molar-refractivity contribution in [2.75, 3.05) is 0 Å². The van der Waals surface area contributed by atoms with Gasteiger partial charge < -0.3 is 0 Å². The maximum Gasteiger partial charge on any atom is 0.416 e. The molecule has 0 spiro atoms.